The summed E-state index contributed by atoms with van der Waals surface area (Å²) in [5.41, 5.74) is 0.978. The number of nitrogens with zero attached hydrogens (tertiary/aromatic N) is 2. The number of hydrogen-bond acceptors (Lipinski definition) is 4. The van der Waals surface area contributed by atoms with E-state index in [0.717, 1.165) is 11.1 Å². The lowest BCUT2D eigenvalue weighted by Crippen LogP contribution is -2.36. The van der Waals surface area contributed by atoms with Crippen LogP contribution in [0.4, 0.5) is 0 Å². The van der Waals surface area contributed by atoms with Crippen LogP contribution >= 0.6 is 0 Å². The van der Waals surface area contributed by atoms with Crippen LogP contribution in [-0.2, 0) is 22.4 Å². The fourth-order valence-electron chi connectivity index (χ4n) is 2.59. The minimum atomic E-state index is -1.29. The van der Waals surface area contributed by atoms with E-state index in [1.54, 1.807) is 31.2 Å². The van der Waals surface area contributed by atoms with Gasteiger partial charge in [0.25, 0.3) is 0 Å². The highest BCUT2D eigenvalue weighted by Gasteiger charge is 2.40. The van der Waals surface area contributed by atoms with Gasteiger partial charge in [-0.2, -0.15) is 10.5 Å². The van der Waals surface area contributed by atoms with E-state index in [0.29, 0.717) is 5.56 Å². The third kappa shape index (κ3) is 4.00. The van der Waals surface area contributed by atoms with Gasteiger partial charge in [-0.3, -0.25) is 4.79 Å². The van der Waals surface area contributed by atoms with Crippen molar-refractivity contribution in [3.05, 3.63) is 71.3 Å². The van der Waals surface area contributed by atoms with Crippen LogP contribution in [0.5, 0.6) is 0 Å². The van der Waals surface area contributed by atoms with E-state index >= 15 is 0 Å². The van der Waals surface area contributed by atoms with E-state index in [2.05, 4.69) is 12.1 Å². The minimum Gasteiger partial charge on any atom is -0.465 e. The summed E-state index contributed by atoms with van der Waals surface area (Å²) in [6, 6.07) is 20.6. The molecule has 0 heterocycles. The predicted octanol–water partition coefficient (Wildman–Crippen LogP) is 3.42. The molecule has 120 valence electrons. The summed E-state index contributed by atoms with van der Waals surface area (Å²) >= 11 is 0. The monoisotopic (exact) mass is 318 g/mol. The van der Waals surface area contributed by atoms with Gasteiger partial charge in [0.2, 0.25) is 0 Å². The van der Waals surface area contributed by atoms with Crippen LogP contribution in [0.3, 0.4) is 0 Å². The Labute approximate surface area is 141 Å². The van der Waals surface area contributed by atoms with E-state index in [4.69, 9.17) is 10.00 Å². The van der Waals surface area contributed by atoms with Crippen LogP contribution < -0.4 is 0 Å². The molecule has 0 saturated heterocycles. The smallest absolute Gasteiger partial charge is 0.327 e. The molecule has 1 unspecified atom stereocenters. The Morgan fingerprint density at radius 2 is 1.58 bits per heavy atom. The Morgan fingerprint density at radius 1 is 1.00 bits per heavy atom. The highest BCUT2D eigenvalue weighted by molar-refractivity contribution is 5.81. The fourth-order valence-corrected chi connectivity index (χ4v) is 2.59. The van der Waals surface area contributed by atoms with Gasteiger partial charge in [-0.1, -0.05) is 42.5 Å². The second-order valence-electron chi connectivity index (χ2n) is 5.56. The lowest BCUT2D eigenvalue weighted by atomic mass is 9.77. The quantitative estimate of drug-likeness (QED) is 0.765. The average Bonchev–Trinajstić information content (AvgIpc) is 2.62. The molecule has 4 nitrogen and oxygen atoms in total. The van der Waals surface area contributed by atoms with E-state index in [1.165, 1.54) is 0 Å². The summed E-state index contributed by atoms with van der Waals surface area (Å²) in [5.74, 6) is -0.513. The van der Waals surface area contributed by atoms with Gasteiger partial charge in [0.1, 0.15) is 0 Å². The minimum absolute atomic E-state index is 0.227. The normalized spacial score (nSPS) is 12.5. The largest absolute Gasteiger partial charge is 0.465 e. The van der Waals surface area contributed by atoms with E-state index < -0.39 is 11.4 Å². The van der Waals surface area contributed by atoms with Gasteiger partial charge in [0.05, 0.1) is 24.3 Å². The molecule has 4 heteroatoms. The van der Waals surface area contributed by atoms with Crippen LogP contribution in [0.1, 0.15) is 23.6 Å². The first-order chi connectivity index (χ1) is 11.6. The molecule has 0 amide bonds. The number of carbonyl (C=O) groups excluding carboxylic acids is 1. The molecular weight excluding hydrogens is 300 g/mol. The van der Waals surface area contributed by atoms with Crippen LogP contribution in [0.2, 0.25) is 0 Å². The molecule has 0 fully saturated rings. The molecule has 0 N–H and O–H groups in total. The molecule has 0 saturated carbocycles. The van der Waals surface area contributed by atoms with Gasteiger partial charge in [-0.15, -0.1) is 0 Å². The Morgan fingerprint density at radius 3 is 2.08 bits per heavy atom. The topological polar surface area (TPSA) is 73.9 Å². The zero-order valence-corrected chi connectivity index (χ0v) is 13.5. The standard InChI is InChI=1S/C20H18N2O2/c1-2-24-19(23)20(15-22,12-16-6-4-3-5-7-16)13-17-8-10-18(14-21)11-9-17/h3-11H,2,12-13H2,1H3. The van der Waals surface area contributed by atoms with Crippen LogP contribution in [-0.4, -0.2) is 12.6 Å². The molecule has 24 heavy (non-hydrogen) atoms. The Bertz CT molecular complexity index is 770. The van der Waals surface area contributed by atoms with Gasteiger partial charge in [-0.25, -0.2) is 0 Å². The number of benzene rings is 2. The van der Waals surface area contributed by atoms with Crippen molar-refractivity contribution in [3.8, 4) is 12.1 Å². The molecule has 0 radical (unpaired) electrons. The number of hydrogen-bond donors (Lipinski definition) is 0. The van der Waals surface area contributed by atoms with Crippen LogP contribution in [0.25, 0.3) is 0 Å². The van der Waals surface area contributed by atoms with Crippen molar-refractivity contribution in [2.24, 2.45) is 5.41 Å². The number of esters is 1. The average molecular weight is 318 g/mol. The molecule has 2 aromatic carbocycles. The Hall–Kier alpha value is -3.11. The molecule has 0 aliphatic rings. The van der Waals surface area contributed by atoms with Gasteiger partial charge in [0, 0.05) is 12.8 Å². The first-order valence-electron chi connectivity index (χ1n) is 7.75. The molecule has 2 rings (SSSR count). The van der Waals surface area contributed by atoms with Crippen molar-refractivity contribution in [1.82, 2.24) is 0 Å². The second-order valence-corrected chi connectivity index (χ2v) is 5.56. The summed E-state index contributed by atoms with van der Waals surface area (Å²) in [6.07, 6.45) is 0.520. The lowest BCUT2D eigenvalue weighted by molar-refractivity contribution is -0.152. The number of carbonyl (C=O) groups is 1. The van der Waals surface area contributed by atoms with Crippen molar-refractivity contribution in [1.29, 1.82) is 10.5 Å². The SMILES string of the molecule is CCOC(=O)C(C#N)(Cc1ccccc1)Cc1ccc(C#N)cc1. The van der Waals surface area contributed by atoms with Crippen molar-refractivity contribution in [2.45, 2.75) is 19.8 Å². The zero-order valence-electron chi connectivity index (χ0n) is 13.5. The van der Waals surface area contributed by atoms with Crippen molar-refractivity contribution >= 4 is 5.97 Å². The van der Waals surface area contributed by atoms with Gasteiger partial charge in [0.15, 0.2) is 5.41 Å². The molecular formula is C20H18N2O2. The second kappa shape index (κ2) is 7.94. The highest BCUT2D eigenvalue weighted by Crippen LogP contribution is 2.29. The summed E-state index contributed by atoms with van der Waals surface area (Å²) in [4.78, 5) is 12.5. The molecule has 0 aromatic heterocycles. The van der Waals surface area contributed by atoms with Crippen molar-refractivity contribution in [3.63, 3.8) is 0 Å². The molecule has 2 aromatic rings. The maximum Gasteiger partial charge on any atom is 0.327 e. The highest BCUT2D eigenvalue weighted by atomic mass is 16.5. The molecule has 1 atom stereocenters. The number of ether oxygens (including phenoxy) is 1. The summed E-state index contributed by atoms with van der Waals surface area (Å²) in [7, 11) is 0. The molecule has 0 aliphatic heterocycles. The molecule has 0 bridgehead atoms. The third-order valence-corrected chi connectivity index (χ3v) is 3.82. The first kappa shape index (κ1) is 17.2. The first-order valence-corrected chi connectivity index (χ1v) is 7.75. The summed E-state index contributed by atoms with van der Waals surface area (Å²) in [5, 5.41) is 18.7. The summed E-state index contributed by atoms with van der Waals surface area (Å²) in [6.45, 7) is 1.95. The van der Waals surface area contributed by atoms with Gasteiger partial charge < -0.3 is 4.74 Å². The summed E-state index contributed by atoms with van der Waals surface area (Å²) < 4.78 is 5.17. The van der Waals surface area contributed by atoms with Crippen molar-refractivity contribution < 1.29 is 9.53 Å². The maximum absolute atomic E-state index is 12.5. The third-order valence-electron chi connectivity index (χ3n) is 3.82. The molecule has 0 aliphatic carbocycles. The van der Waals surface area contributed by atoms with E-state index in [-0.39, 0.29) is 19.4 Å². The fraction of sp³-hybridized carbons (Fsp3) is 0.250. The molecule has 0 spiro atoms. The number of nitriles is 2. The van der Waals surface area contributed by atoms with E-state index in [1.807, 2.05) is 30.3 Å². The van der Waals surface area contributed by atoms with E-state index in [9.17, 15) is 10.1 Å². The van der Waals surface area contributed by atoms with Crippen molar-refractivity contribution in [2.75, 3.05) is 6.61 Å². The van der Waals surface area contributed by atoms with Crippen LogP contribution in [0.15, 0.2) is 54.6 Å². The Balaban J connectivity index is 2.35. The number of rotatable bonds is 6. The van der Waals surface area contributed by atoms with Crippen LogP contribution in [0, 0.1) is 28.1 Å². The van der Waals surface area contributed by atoms with Gasteiger partial charge in [-0.05, 0) is 30.2 Å². The Kier molecular flexibility index (Phi) is 5.71. The zero-order chi connectivity index (χ0) is 17.4. The van der Waals surface area contributed by atoms with Gasteiger partial charge >= 0.3 is 5.97 Å². The lowest BCUT2D eigenvalue weighted by Gasteiger charge is -2.24. The predicted molar refractivity (Wildman–Crippen MR) is 89.7 cm³/mol. The maximum atomic E-state index is 12.5.